The molecule has 1 aromatic carbocycles. The van der Waals surface area contributed by atoms with Crippen LogP contribution >= 0.6 is 11.3 Å². The van der Waals surface area contributed by atoms with Crippen LogP contribution in [-0.4, -0.2) is 38.3 Å². The van der Waals surface area contributed by atoms with E-state index in [1.165, 1.54) is 24.6 Å². The number of benzene rings is 1. The molecule has 2 atom stereocenters. The van der Waals surface area contributed by atoms with Crippen molar-refractivity contribution in [2.75, 3.05) is 5.32 Å². The number of carbonyl (C=O) groups is 1. The lowest BCUT2D eigenvalue weighted by atomic mass is 10.0. The average molecular weight is 357 g/mol. The van der Waals surface area contributed by atoms with Gasteiger partial charge in [-0.25, -0.2) is 14.8 Å². The summed E-state index contributed by atoms with van der Waals surface area (Å²) in [5.74, 6) is -0.719. The van der Waals surface area contributed by atoms with E-state index < -0.39 is 18.1 Å². The number of nitrogens with zero attached hydrogens (tertiary/aromatic N) is 2. The van der Waals surface area contributed by atoms with Crippen LogP contribution in [0.25, 0.3) is 21.3 Å². The fraction of sp³-hybridized carbons (Fsp3) is 0.278. The number of hydrogen-bond donors (Lipinski definition) is 3. The highest BCUT2D eigenvalue weighted by Crippen LogP contribution is 2.40. The van der Waals surface area contributed by atoms with Gasteiger partial charge in [0.25, 0.3) is 0 Å². The number of nitrogens with one attached hydrogen (secondary N) is 1. The molecule has 0 saturated carbocycles. The van der Waals surface area contributed by atoms with E-state index in [1.54, 1.807) is 0 Å². The molecule has 0 bridgehead atoms. The summed E-state index contributed by atoms with van der Waals surface area (Å²) >= 11 is 1.53. The summed E-state index contributed by atoms with van der Waals surface area (Å²) in [7, 11) is 0. The molecule has 7 heteroatoms. The Morgan fingerprint density at radius 3 is 2.48 bits per heavy atom. The molecule has 0 aliphatic heterocycles. The van der Waals surface area contributed by atoms with Crippen LogP contribution in [-0.2, 0) is 4.79 Å². The third-order valence-electron chi connectivity index (χ3n) is 4.05. The first-order valence-electron chi connectivity index (χ1n) is 7.87. The van der Waals surface area contributed by atoms with Gasteiger partial charge in [-0.1, -0.05) is 29.8 Å². The molecule has 3 rings (SSSR count). The first-order valence-corrected chi connectivity index (χ1v) is 8.68. The number of hydrogen-bond acceptors (Lipinski definition) is 6. The van der Waals surface area contributed by atoms with E-state index >= 15 is 0 Å². The van der Waals surface area contributed by atoms with E-state index in [1.807, 2.05) is 38.1 Å². The summed E-state index contributed by atoms with van der Waals surface area (Å²) in [5, 5.41) is 22.7. The van der Waals surface area contributed by atoms with Gasteiger partial charge >= 0.3 is 5.97 Å². The lowest BCUT2D eigenvalue weighted by Gasteiger charge is -2.18. The topological polar surface area (TPSA) is 95.3 Å². The molecule has 25 heavy (non-hydrogen) atoms. The van der Waals surface area contributed by atoms with Gasteiger partial charge in [-0.3, -0.25) is 0 Å². The largest absolute Gasteiger partial charge is 0.480 e. The summed E-state index contributed by atoms with van der Waals surface area (Å²) in [4.78, 5) is 21.8. The summed E-state index contributed by atoms with van der Waals surface area (Å²) in [6, 6.07) is 6.98. The Hall–Kier alpha value is -2.51. The van der Waals surface area contributed by atoms with Gasteiger partial charge in [0.15, 0.2) is 6.04 Å². The summed E-state index contributed by atoms with van der Waals surface area (Å²) in [5.41, 5.74) is 3.17. The van der Waals surface area contributed by atoms with E-state index in [-0.39, 0.29) is 0 Å². The van der Waals surface area contributed by atoms with Crippen LogP contribution < -0.4 is 5.32 Å². The van der Waals surface area contributed by atoms with Crippen LogP contribution in [0.15, 0.2) is 30.6 Å². The summed E-state index contributed by atoms with van der Waals surface area (Å²) in [6.07, 6.45) is 0.339. The Labute approximate surface area is 149 Å². The van der Waals surface area contributed by atoms with E-state index in [9.17, 15) is 15.0 Å². The second kappa shape index (κ2) is 6.78. The molecule has 3 aromatic rings. The highest BCUT2D eigenvalue weighted by molar-refractivity contribution is 7.19. The van der Waals surface area contributed by atoms with Crippen LogP contribution in [0.4, 0.5) is 5.82 Å². The van der Waals surface area contributed by atoms with E-state index in [0.29, 0.717) is 5.82 Å². The van der Waals surface area contributed by atoms with Gasteiger partial charge in [0.2, 0.25) is 0 Å². The Balaban J connectivity index is 2.17. The monoisotopic (exact) mass is 357 g/mol. The predicted molar refractivity (Wildman–Crippen MR) is 99.1 cm³/mol. The minimum atomic E-state index is -1.15. The van der Waals surface area contributed by atoms with Gasteiger partial charge in [0.05, 0.1) is 11.5 Å². The Morgan fingerprint density at radius 2 is 1.88 bits per heavy atom. The number of thiophene rings is 1. The van der Waals surface area contributed by atoms with Crippen LogP contribution in [0.1, 0.15) is 17.4 Å². The molecule has 0 amide bonds. The van der Waals surface area contributed by atoms with Crippen LogP contribution in [0.3, 0.4) is 0 Å². The van der Waals surface area contributed by atoms with Crippen molar-refractivity contribution >= 4 is 33.3 Å². The fourth-order valence-electron chi connectivity index (χ4n) is 2.76. The highest BCUT2D eigenvalue weighted by atomic mass is 32.1. The number of aryl methyl sites for hydroxylation is 2. The molecule has 2 heterocycles. The van der Waals surface area contributed by atoms with Crippen molar-refractivity contribution in [2.24, 2.45) is 0 Å². The minimum absolute atomic E-state index is 0.415. The maximum atomic E-state index is 11.4. The van der Waals surface area contributed by atoms with E-state index in [4.69, 9.17) is 0 Å². The van der Waals surface area contributed by atoms with Gasteiger partial charge in [0, 0.05) is 10.4 Å². The maximum absolute atomic E-state index is 11.4. The third-order valence-corrected chi connectivity index (χ3v) is 5.06. The molecule has 0 spiro atoms. The number of aliphatic carboxylic acids is 1. The lowest BCUT2D eigenvalue weighted by Crippen LogP contribution is -2.39. The van der Waals surface area contributed by atoms with Crippen molar-refractivity contribution in [1.82, 2.24) is 9.97 Å². The molecule has 130 valence electrons. The zero-order valence-corrected chi connectivity index (χ0v) is 15.0. The quantitative estimate of drug-likeness (QED) is 0.649. The molecule has 2 unspecified atom stereocenters. The zero-order chi connectivity index (χ0) is 18.1. The van der Waals surface area contributed by atoms with Crippen molar-refractivity contribution in [2.45, 2.75) is 32.9 Å². The van der Waals surface area contributed by atoms with Crippen molar-refractivity contribution in [3.05, 3.63) is 41.0 Å². The van der Waals surface area contributed by atoms with Gasteiger partial charge in [-0.2, -0.15) is 0 Å². The number of carboxylic acids is 1. The number of carboxylic acid groups (broad SMARTS) is 1. The Bertz CT molecular complexity index is 919. The third kappa shape index (κ3) is 3.33. The second-order valence-electron chi connectivity index (χ2n) is 6.00. The molecular formula is C18H19N3O3S. The molecule has 3 N–H and O–H groups in total. The number of aromatic nitrogens is 2. The lowest BCUT2D eigenvalue weighted by molar-refractivity contribution is -0.140. The van der Waals surface area contributed by atoms with E-state index in [2.05, 4.69) is 15.3 Å². The van der Waals surface area contributed by atoms with Gasteiger partial charge in [0.1, 0.15) is 17.0 Å². The molecule has 0 fully saturated rings. The maximum Gasteiger partial charge on any atom is 0.328 e. The van der Waals surface area contributed by atoms with Gasteiger partial charge in [-0.05, 0) is 26.3 Å². The number of aliphatic hydroxyl groups is 1. The van der Waals surface area contributed by atoms with Crippen LogP contribution in [0.5, 0.6) is 0 Å². The van der Waals surface area contributed by atoms with Gasteiger partial charge in [-0.15, -0.1) is 11.3 Å². The highest BCUT2D eigenvalue weighted by Gasteiger charge is 2.25. The van der Waals surface area contributed by atoms with E-state index in [0.717, 1.165) is 31.8 Å². The summed E-state index contributed by atoms with van der Waals surface area (Å²) < 4.78 is 0. The summed E-state index contributed by atoms with van der Waals surface area (Å²) in [6.45, 7) is 5.47. The SMILES string of the molecule is Cc1ccc(-c2c(C)sc3ncnc(NC(C(=O)O)C(C)O)c23)cc1. The minimum Gasteiger partial charge on any atom is -0.480 e. The molecule has 2 aromatic heterocycles. The number of anilines is 1. The molecular weight excluding hydrogens is 338 g/mol. The van der Waals surface area contributed by atoms with Crippen LogP contribution in [0.2, 0.25) is 0 Å². The zero-order valence-electron chi connectivity index (χ0n) is 14.1. The number of rotatable bonds is 5. The van der Waals surface area contributed by atoms with Crippen molar-refractivity contribution < 1.29 is 15.0 Å². The standard InChI is InChI=1S/C18H19N3O3S/c1-9-4-6-12(7-5-9)13-11(3)25-17-14(13)16(19-8-20-17)21-15(10(2)22)18(23)24/h4-8,10,15,22H,1-3H3,(H,23,24)(H,19,20,21). The first-order chi connectivity index (χ1) is 11.9. The molecule has 0 saturated heterocycles. The molecule has 0 aliphatic carbocycles. The normalized spacial score (nSPS) is 13.6. The smallest absolute Gasteiger partial charge is 0.328 e. The predicted octanol–water partition coefficient (Wildman–Crippen LogP) is 3.22. The van der Waals surface area contributed by atoms with Gasteiger partial charge < -0.3 is 15.5 Å². The number of aliphatic hydroxyl groups excluding tert-OH is 1. The molecule has 0 aliphatic rings. The van der Waals surface area contributed by atoms with Crippen molar-refractivity contribution in [3.8, 4) is 11.1 Å². The second-order valence-corrected chi connectivity index (χ2v) is 7.21. The number of fused-ring (bicyclic) bond motifs is 1. The average Bonchev–Trinajstić information content (AvgIpc) is 2.89. The van der Waals surface area contributed by atoms with Crippen molar-refractivity contribution in [3.63, 3.8) is 0 Å². The molecule has 6 nitrogen and oxygen atoms in total. The van der Waals surface area contributed by atoms with Crippen LogP contribution in [0, 0.1) is 13.8 Å². The molecule has 0 radical (unpaired) electrons. The first kappa shape index (κ1) is 17.3. The van der Waals surface area contributed by atoms with Crippen molar-refractivity contribution in [1.29, 1.82) is 0 Å². The fourth-order valence-corrected chi connectivity index (χ4v) is 3.77. The Morgan fingerprint density at radius 1 is 1.20 bits per heavy atom. The Kier molecular flexibility index (Phi) is 4.69.